The Kier molecular flexibility index (Phi) is 12.6. The topological polar surface area (TPSA) is 142 Å². The molecule has 0 heterocycles. The van der Waals surface area contributed by atoms with Crippen LogP contribution in [0.15, 0.2) is 102 Å². The Morgan fingerprint density at radius 1 is 0.638 bits per heavy atom. The zero-order chi connectivity index (χ0) is 33.4. The molecule has 0 spiro atoms. The number of hydrogen-bond donors (Lipinski definition) is 2. The summed E-state index contributed by atoms with van der Waals surface area (Å²) in [5.74, 6) is -0.677. The largest absolute Gasteiger partial charge is 0.493 e. The second-order valence-electron chi connectivity index (χ2n) is 10.1. The maximum Gasteiger partial charge on any atom is 0.343 e. The van der Waals surface area contributed by atoms with Crippen LogP contribution in [0.3, 0.4) is 0 Å². The number of hydrazone groups is 1. The van der Waals surface area contributed by atoms with Crippen molar-refractivity contribution < 1.29 is 38.1 Å². The number of hydrogen-bond acceptors (Lipinski definition) is 9. The first kappa shape index (κ1) is 33.9. The predicted octanol–water partition coefficient (Wildman–Crippen LogP) is 5.58. The first-order valence-corrected chi connectivity index (χ1v) is 14.9. The quantitative estimate of drug-likeness (QED) is 0.0566. The third-order valence-corrected chi connectivity index (χ3v) is 6.81. The molecular weight excluding hydrogens is 602 g/mol. The molecule has 0 saturated carbocycles. The van der Waals surface area contributed by atoms with Crippen LogP contribution in [-0.4, -0.2) is 50.7 Å². The maximum absolute atomic E-state index is 12.8. The van der Waals surface area contributed by atoms with Gasteiger partial charge in [0.1, 0.15) is 0 Å². The third-order valence-electron chi connectivity index (χ3n) is 6.81. The van der Waals surface area contributed by atoms with Gasteiger partial charge in [-0.05, 0) is 79.1 Å². The molecule has 0 radical (unpaired) electrons. The van der Waals surface area contributed by atoms with Crippen molar-refractivity contribution in [3.63, 3.8) is 0 Å². The lowest BCUT2D eigenvalue weighted by molar-refractivity contribution is -0.121. The minimum Gasteiger partial charge on any atom is -0.493 e. The Morgan fingerprint density at radius 3 is 1.89 bits per heavy atom. The summed E-state index contributed by atoms with van der Waals surface area (Å²) >= 11 is 0. The molecule has 4 aromatic rings. The van der Waals surface area contributed by atoms with Crippen LogP contribution in [0.25, 0.3) is 0 Å². The molecule has 2 amide bonds. The van der Waals surface area contributed by atoms with Crippen LogP contribution in [0.2, 0.25) is 0 Å². The smallest absolute Gasteiger partial charge is 0.343 e. The Bertz CT molecular complexity index is 1710. The molecule has 0 aliphatic heterocycles. The minimum atomic E-state index is -0.634. The first-order chi connectivity index (χ1) is 22.9. The van der Waals surface area contributed by atoms with Gasteiger partial charge in [0.05, 0.1) is 31.6 Å². The summed E-state index contributed by atoms with van der Waals surface area (Å²) < 4.78 is 21.5. The number of methoxy groups -OCH3 is 2. The van der Waals surface area contributed by atoms with E-state index in [4.69, 9.17) is 18.9 Å². The number of esters is 2. The van der Waals surface area contributed by atoms with E-state index in [1.165, 1.54) is 32.6 Å². The van der Waals surface area contributed by atoms with E-state index in [1.54, 1.807) is 84.9 Å². The molecule has 0 unspecified atom stereocenters. The van der Waals surface area contributed by atoms with Gasteiger partial charge in [0, 0.05) is 18.5 Å². The van der Waals surface area contributed by atoms with Gasteiger partial charge in [-0.3, -0.25) is 9.59 Å². The molecule has 0 aliphatic rings. The summed E-state index contributed by atoms with van der Waals surface area (Å²) in [4.78, 5) is 50.2. The molecule has 47 heavy (non-hydrogen) atoms. The molecule has 4 aromatic carbocycles. The summed E-state index contributed by atoms with van der Waals surface area (Å²) in [6, 6.07) is 26.4. The van der Waals surface area contributed by atoms with Crippen LogP contribution in [0.1, 0.15) is 62.3 Å². The summed E-state index contributed by atoms with van der Waals surface area (Å²) in [6.07, 6.45) is 3.66. The second kappa shape index (κ2) is 17.5. The van der Waals surface area contributed by atoms with Gasteiger partial charge in [0.15, 0.2) is 23.0 Å². The molecule has 0 atom stereocenters. The lowest BCUT2D eigenvalue weighted by Crippen LogP contribution is -2.24. The van der Waals surface area contributed by atoms with Crippen molar-refractivity contribution >= 4 is 30.0 Å². The molecule has 0 bridgehead atoms. The van der Waals surface area contributed by atoms with Crippen molar-refractivity contribution in [1.82, 2.24) is 10.7 Å². The Hall–Kier alpha value is -5.97. The van der Waals surface area contributed by atoms with Crippen LogP contribution in [0.4, 0.5) is 0 Å². The summed E-state index contributed by atoms with van der Waals surface area (Å²) in [7, 11) is 3.04. The SMILES string of the molecule is COc1ccc(C(=O)NCCCCCC(=O)N/N=C/c2ccc(OC(=O)c3ccccc3)c(OC(=O)c3ccccc3)c2)cc1OC. The van der Waals surface area contributed by atoms with Crippen LogP contribution in [0.5, 0.6) is 23.0 Å². The fraction of sp³-hybridized carbons (Fsp3) is 0.194. The van der Waals surface area contributed by atoms with Crippen LogP contribution in [0, 0.1) is 0 Å². The predicted molar refractivity (Wildman–Crippen MR) is 175 cm³/mol. The Balaban J connectivity index is 1.26. The highest BCUT2D eigenvalue weighted by atomic mass is 16.6. The van der Waals surface area contributed by atoms with Gasteiger partial charge in [0.2, 0.25) is 5.91 Å². The average Bonchev–Trinajstić information content (AvgIpc) is 3.11. The molecule has 0 fully saturated rings. The van der Waals surface area contributed by atoms with Crippen LogP contribution in [-0.2, 0) is 4.79 Å². The van der Waals surface area contributed by atoms with E-state index in [0.29, 0.717) is 53.1 Å². The molecule has 0 saturated heterocycles. The van der Waals surface area contributed by atoms with Gasteiger partial charge in [0.25, 0.3) is 5.91 Å². The van der Waals surface area contributed by atoms with Crippen molar-refractivity contribution in [2.24, 2.45) is 5.10 Å². The molecule has 2 N–H and O–H groups in total. The van der Waals surface area contributed by atoms with Gasteiger partial charge < -0.3 is 24.3 Å². The minimum absolute atomic E-state index is 0.0108. The molecule has 4 rings (SSSR count). The van der Waals surface area contributed by atoms with E-state index in [2.05, 4.69) is 15.8 Å². The normalized spacial score (nSPS) is 10.6. The Labute approximate surface area is 272 Å². The second-order valence-corrected chi connectivity index (χ2v) is 10.1. The van der Waals surface area contributed by atoms with E-state index in [9.17, 15) is 19.2 Å². The number of nitrogens with one attached hydrogen (secondary N) is 2. The van der Waals surface area contributed by atoms with E-state index in [1.807, 2.05) is 0 Å². The standard InChI is InChI=1S/C36H35N3O8/c1-44-29-20-18-28(23-31(29)45-2)34(41)37-21-11-5-10-16-33(40)39-38-24-25-17-19-30(46-35(42)26-12-6-3-7-13-26)32(22-25)47-36(43)27-14-8-4-9-15-27/h3-4,6-9,12-15,17-20,22-24H,5,10-11,16,21H2,1-2H3,(H,37,41)(H,39,40)/b38-24+. The van der Waals surface area contributed by atoms with Crippen molar-refractivity contribution in [2.75, 3.05) is 20.8 Å². The number of amides is 2. The number of carbonyl (C=O) groups excluding carboxylic acids is 4. The highest BCUT2D eigenvalue weighted by molar-refractivity contribution is 5.95. The molecule has 11 nitrogen and oxygen atoms in total. The summed E-state index contributed by atoms with van der Waals surface area (Å²) in [5.41, 5.74) is 4.09. The number of ether oxygens (including phenoxy) is 4. The van der Waals surface area contributed by atoms with Crippen molar-refractivity contribution in [2.45, 2.75) is 25.7 Å². The average molecular weight is 638 g/mol. The third kappa shape index (κ3) is 10.3. The fourth-order valence-corrected chi connectivity index (χ4v) is 4.34. The lowest BCUT2D eigenvalue weighted by atomic mass is 10.1. The number of benzene rings is 4. The number of nitrogens with zero attached hydrogens (tertiary/aromatic N) is 1. The van der Waals surface area contributed by atoms with Gasteiger partial charge in [-0.25, -0.2) is 15.0 Å². The van der Waals surface area contributed by atoms with E-state index >= 15 is 0 Å². The molecular formula is C36H35N3O8. The zero-order valence-corrected chi connectivity index (χ0v) is 26.1. The first-order valence-electron chi connectivity index (χ1n) is 14.9. The van der Waals surface area contributed by atoms with E-state index in [-0.39, 0.29) is 29.7 Å². The van der Waals surface area contributed by atoms with Crippen molar-refractivity contribution in [3.05, 3.63) is 119 Å². The van der Waals surface area contributed by atoms with E-state index < -0.39 is 11.9 Å². The van der Waals surface area contributed by atoms with Crippen LogP contribution >= 0.6 is 0 Å². The highest BCUT2D eigenvalue weighted by Gasteiger charge is 2.17. The van der Waals surface area contributed by atoms with Crippen molar-refractivity contribution in [3.8, 4) is 23.0 Å². The number of unbranched alkanes of at least 4 members (excludes halogenated alkanes) is 2. The monoisotopic (exact) mass is 637 g/mol. The number of rotatable bonds is 15. The van der Waals surface area contributed by atoms with Gasteiger partial charge in [-0.15, -0.1) is 0 Å². The molecule has 11 heteroatoms. The van der Waals surface area contributed by atoms with Gasteiger partial charge in [-0.1, -0.05) is 42.8 Å². The zero-order valence-electron chi connectivity index (χ0n) is 26.1. The molecule has 242 valence electrons. The van der Waals surface area contributed by atoms with Gasteiger partial charge in [-0.2, -0.15) is 5.10 Å². The number of carbonyl (C=O) groups is 4. The maximum atomic E-state index is 12.8. The van der Waals surface area contributed by atoms with Crippen molar-refractivity contribution in [1.29, 1.82) is 0 Å². The highest BCUT2D eigenvalue weighted by Crippen LogP contribution is 2.30. The Morgan fingerprint density at radius 2 is 1.26 bits per heavy atom. The van der Waals surface area contributed by atoms with E-state index in [0.717, 1.165) is 6.42 Å². The fourth-order valence-electron chi connectivity index (χ4n) is 4.34. The molecule has 0 aromatic heterocycles. The van der Waals surface area contributed by atoms with Crippen LogP contribution < -0.4 is 29.7 Å². The van der Waals surface area contributed by atoms with Gasteiger partial charge >= 0.3 is 11.9 Å². The summed E-state index contributed by atoms with van der Waals surface area (Å²) in [6.45, 7) is 0.459. The summed E-state index contributed by atoms with van der Waals surface area (Å²) in [5, 5.41) is 6.87. The lowest BCUT2D eigenvalue weighted by Gasteiger charge is -2.11. The molecule has 0 aliphatic carbocycles.